The van der Waals surface area contributed by atoms with Crippen molar-refractivity contribution in [3.63, 3.8) is 0 Å². The van der Waals surface area contributed by atoms with Gasteiger partial charge in [-0.3, -0.25) is 4.79 Å². The van der Waals surface area contributed by atoms with Crippen LogP contribution in [0.4, 0.5) is 0 Å². The van der Waals surface area contributed by atoms with E-state index >= 15 is 0 Å². The van der Waals surface area contributed by atoms with Gasteiger partial charge in [0.1, 0.15) is 29.8 Å². The van der Waals surface area contributed by atoms with E-state index in [0.29, 0.717) is 25.7 Å². The number of carbonyl (C=O) groups is 1. The molecule has 10 nitrogen and oxygen atoms in total. The molecule has 15 unspecified atom stereocenters. The summed E-state index contributed by atoms with van der Waals surface area (Å²) in [7, 11) is 0. The second kappa shape index (κ2) is 10.9. The van der Waals surface area contributed by atoms with Crippen LogP contribution >= 0.6 is 0 Å². The second-order valence-electron chi connectivity index (χ2n) is 18.0. The fourth-order valence-corrected chi connectivity index (χ4v) is 12.3. The summed E-state index contributed by atoms with van der Waals surface area (Å²) in [5, 5.41) is 75.2. The molecule has 1 heterocycles. The molecule has 1 saturated heterocycles. The predicted molar refractivity (Wildman–Crippen MR) is 168 cm³/mol. The van der Waals surface area contributed by atoms with Gasteiger partial charge in [-0.25, -0.2) is 0 Å². The lowest BCUT2D eigenvalue weighted by atomic mass is 9.33. The zero-order chi connectivity index (χ0) is 34.0. The number of hydrogen-bond donors (Lipinski definition) is 7. The smallest absolute Gasteiger partial charge is 0.312 e. The van der Waals surface area contributed by atoms with Gasteiger partial charge >= 0.3 is 5.97 Å². The summed E-state index contributed by atoms with van der Waals surface area (Å²) in [6.45, 7) is 14.9. The Bertz CT molecular complexity index is 1250. The van der Waals surface area contributed by atoms with E-state index in [-0.39, 0.29) is 34.0 Å². The van der Waals surface area contributed by atoms with Gasteiger partial charge in [0, 0.05) is 11.8 Å². The van der Waals surface area contributed by atoms with Gasteiger partial charge < -0.3 is 45.2 Å². The Labute approximate surface area is 273 Å². The van der Waals surface area contributed by atoms with Gasteiger partial charge in [-0.15, -0.1) is 0 Å². The van der Waals surface area contributed by atoms with Crippen LogP contribution in [-0.2, 0) is 14.3 Å². The molecular weight excluding hydrogens is 592 g/mol. The van der Waals surface area contributed by atoms with E-state index in [2.05, 4.69) is 54.5 Å². The fraction of sp³-hybridized carbons (Fsp3) is 0.917. The van der Waals surface area contributed by atoms with Crippen molar-refractivity contribution in [3.05, 3.63) is 11.6 Å². The maximum absolute atomic E-state index is 13.0. The minimum absolute atomic E-state index is 0.0485. The lowest BCUT2D eigenvalue weighted by Crippen LogP contribution is -2.69. The Morgan fingerprint density at radius 2 is 1.57 bits per heavy atom. The lowest BCUT2D eigenvalue weighted by Gasteiger charge is -2.72. The Morgan fingerprint density at radius 1 is 0.891 bits per heavy atom. The first-order valence-corrected chi connectivity index (χ1v) is 17.5. The van der Waals surface area contributed by atoms with Crippen LogP contribution in [-0.4, -0.2) is 97.3 Å². The van der Waals surface area contributed by atoms with Gasteiger partial charge in [0.2, 0.25) is 0 Å². The molecule has 262 valence electrons. The van der Waals surface area contributed by atoms with Crippen LogP contribution in [0.1, 0.15) is 99.8 Å². The van der Waals surface area contributed by atoms with Crippen LogP contribution < -0.4 is 0 Å². The third-order valence-corrected chi connectivity index (χ3v) is 15.3. The number of rotatable bonds is 4. The molecule has 0 spiro atoms. The zero-order valence-electron chi connectivity index (χ0n) is 28.6. The van der Waals surface area contributed by atoms with Crippen molar-refractivity contribution in [1.82, 2.24) is 0 Å². The molecule has 15 atom stereocenters. The summed E-state index contributed by atoms with van der Waals surface area (Å²) in [4.78, 5) is 13.0. The van der Waals surface area contributed by atoms with Crippen LogP contribution in [0.25, 0.3) is 0 Å². The first kappa shape index (κ1) is 34.7. The SMILES string of the molecule is CC1(C)CC(O)C2(C(=O)O)CCC3(C)C(=CCC4C5(C)C(O)CC(OC6OC(CO)C(O)C(O)C6O)C(C)(C)C5CCC43C)C2C1. The number of aliphatic hydroxyl groups is 6. The number of fused-ring (bicyclic) bond motifs is 7. The fourth-order valence-electron chi connectivity index (χ4n) is 12.3. The number of hydrogen-bond acceptors (Lipinski definition) is 9. The van der Waals surface area contributed by atoms with Gasteiger partial charge in [-0.2, -0.15) is 0 Å². The highest BCUT2D eigenvalue weighted by molar-refractivity contribution is 5.77. The van der Waals surface area contributed by atoms with Crippen molar-refractivity contribution in [2.24, 2.45) is 50.2 Å². The second-order valence-corrected chi connectivity index (χ2v) is 18.0. The van der Waals surface area contributed by atoms with E-state index in [4.69, 9.17) is 9.47 Å². The molecular formula is C36H58O10. The number of carboxylic acids is 1. The van der Waals surface area contributed by atoms with Crippen molar-refractivity contribution in [3.8, 4) is 0 Å². The third-order valence-electron chi connectivity index (χ3n) is 15.3. The van der Waals surface area contributed by atoms with Crippen molar-refractivity contribution >= 4 is 5.97 Å². The Hall–Kier alpha value is -1.11. The van der Waals surface area contributed by atoms with Gasteiger partial charge in [0.25, 0.3) is 0 Å². The molecule has 5 aliphatic carbocycles. The third kappa shape index (κ3) is 4.46. The van der Waals surface area contributed by atoms with E-state index in [9.17, 15) is 40.5 Å². The van der Waals surface area contributed by atoms with Crippen LogP contribution in [0.15, 0.2) is 11.6 Å². The summed E-state index contributed by atoms with van der Waals surface area (Å²) in [6, 6.07) is 0. The number of aliphatic hydroxyl groups excluding tert-OH is 6. The molecule has 5 fully saturated rings. The Morgan fingerprint density at radius 3 is 2.20 bits per heavy atom. The minimum atomic E-state index is -1.54. The normalized spacial score (nSPS) is 54.4. The number of aliphatic carboxylic acids is 1. The van der Waals surface area contributed by atoms with Crippen LogP contribution in [0, 0.1) is 50.2 Å². The van der Waals surface area contributed by atoms with Crippen molar-refractivity contribution < 1.29 is 50.0 Å². The maximum Gasteiger partial charge on any atom is 0.312 e. The van der Waals surface area contributed by atoms with Crippen molar-refractivity contribution in [2.45, 2.75) is 149 Å². The quantitative estimate of drug-likeness (QED) is 0.177. The van der Waals surface area contributed by atoms with E-state index in [1.165, 1.54) is 5.57 Å². The average Bonchev–Trinajstić information content (AvgIpc) is 2.95. The zero-order valence-corrected chi connectivity index (χ0v) is 28.6. The predicted octanol–water partition coefficient (Wildman–Crippen LogP) is 3.00. The molecule has 0 bridgehead atoms. The lowest BCUT2D eigenvalue weighted by molar-refractivity contribution is -0.337. The first-order chi connectivity index (χ1) is 21.2. The monoisotopic (exact) mass is 650 g/mol. The van der Waals surface area contributed by atoms with Crippen molar-refractivity contribution in [2.75, 3.05) is 6.61 Å². The highest BCUT2D eigenvalue weighted by Gasteiger charge is 2.72. The highest BCUT2D eigenvalue weighted by atomic mass is 16.7. The molecule has 0 aromatic rings. The van der Waals surface area contributed by atoms with E-state index < -0.39 is 77.8 Å². The molecule has 4 saturated carbocycles. The van der Waals surface area contributed by atoms with Crippen LogP contribution in [0.3, 0.4) is 0 Å². The topological polar surface area (TPSA) is 177 Å². The summed E-state index contributed by atoms with van der Waals surface area (Å²) >= 11 is 0. The molecule has 46 heavy (non-hydrogen) atoms. The molecule has 7 N–H and O–H groups in total. The van der Waals surface area contributed by atoms with Gasteiger partial charge in [0.05, 0.1) is 24.9 Å². The average molecular weight is 651 g/mol. The summed E-state index contributed by atoms with van der Waals surface area (Å²) in [5.41, 5.74) is -1.58. The largest absolute Gasteiger partial charge is 0.481 e. The molecule has 0 radical (unpaired) electrons. The molecule has 1 aliphatic heterocycles. The highest BCUT2D eigenvalue weighted by Crippen LogP contribution is 2.76. The molecule has 0 aromatic heterocycles. The summed E-state index contributed by atoms with van der Waals surface area (Å²) < 4.78 is 12.1. The Kier molecular flexibility index (Phi) is 8.27. The standard InChI is InChI=1S/C36H58O10/c1-31(2)15-19-18-8-9-22-34(6,33(18,5)12-13-36(19,30(43)44)24(39)16-31)11-10-21-32(3,4)25(14-23(38)35(21,22)7)46-29-28(42)27(41)26(40)20(17-37)45-29/h8,19-29,37-42H,9-17H2,1-7H3,(H,43,44). The molecule has 0 aromatic carbocycles. The van der Waals surface area contributed by atoms with Crippen molar-refractivity contribution in [1.29, 1.82) is 0 Å². The van der Waals surface area contributed by atoms with E-state index in [1.807, 2.05) is 0 Å². The number of allylic oxidation sites excluding steroid dienone is 2. The molecule has 6 rings (SSSR count). The summed E-state index contributed by atoms with van der Waals surface area (Å²) in [6.07, 6.45) is -1.66. The van der Waals surface area contributed by atoms with Gasteiger partial charge in [-0.1, -0.05) is 60.1 Å². The molecule has 6 aliphatic rings. The van der Waals surface area contributed by atoms with Crippen LogP contribution in [0.2, 0.25) is 0 Å². The number of carboxylic acid groups (broad SMARTS) is 1. The van der Waals surface area contributed by atoms with E-state index in [0.717, 1.165) is 25.7 Å². The first-order valence-electron chi connectivity index (χ1n) is 17.5. The van der Waals surface area contributed by atoms with Gasteiger partial charge in [-0.05, 0) is 84.4 Å². The minimum Gasteiger partial charge on any atom is -0.481 e. The maximum atomic E-state index is 13.0. The van der Waals surface area contributed by atoms with E-state index in [1.54, 1.807) is 0 Å². The summed E-state index contributed by atoms with van der Waals surface area (Å²) in [5.74, 6) is -0.961. The van der Waals surface area contributed by atoms with Gasteiger partial charge in [0.15, 0.2) is 6.29 Å². The molecule has 10 heteroatoms. The van der Waals surface area contributed by atoms with Crippen LogP contribution in [0.5, 0.6) is 0 Å². The number of ether oxygens (including phenoxy) is 2. The Balaban J connectivity index is 1.33. The molecule has 0 amide bonds.